The Kier molecular flexibility index (Phi) is 6.44. The number of ether oxygens (including phenoxy) is 1. The second-order valence-corrected chi connectivity index (χ2v) is 7.60. The largest absolute Gasteiger partial charge is 0.450 e. The number of carbonyl (C=O) groups is 2. The summed E-state index contributed by atoms with van der Waals surface area (Å²) in [5.74, 6) is 0.901. The minimum Gasteiger partial charge on any atom is -0.450 e. The third kappa shape index (κ3) is 4.53. The molecule has 0 radical (unpaired) electrons. The molecule has 0 aliphatic carbocycles. The van der Waals surface area contributed by atoms with Gasteiger partial charge in [0.05, 0.1) is 13.2 Å². The van der Waals surface area contributed by atoms with Crippen LogP contribution in [0.2, 0.25) is 0 Å². The van der Waals surface area contributed by atoms with Crippen LogP contribution in [0.5, 0.6) is 0 Å². The molecule has 2 amide bonds. The van der Waals surface area contributed by atoms with Gasteiger partial charge in [-0.1, -0.05) is 5.21 Å². The van der Waals surface area contributed by atoms with E-state index in [1.165, 1.54) is 0 Å². The summed E-state index contributed by atoms with van der Waals surface area (Å²) in [7, 11) is 0. The topological polar surface area (TPSA) is 113 Å². The van der Waals surface area contributed by atoms with E-state index in [-0.39, 0.29) is 12.0 Å². The number of anilines is 1. The third-order valence-electron chi connectivity index (χ3n) is 5.77. The van der Waals surface area contributed by atoms with Crippen molar-refractivity contribution in [2.45, 2.75) is 20.4 Å². The van der Waals surface area contributed by atoms with Crippen LogP contribution >= 0.6 is 0 Å². The summed E-state index contributed by atoms with van der Waals surface area (Å²) >= 11 is 0. The van der Waals surface area contributed by atoms with Crippen molar-refractivity contribution in [1.29, 1.82) is 0 Å². The first-order chi connectivity index (χ1) is 15.1. The molecule has 2 fully saturated rings. The van der Waals surface area contributed by atoms with Gasteiger partial charge in [0, 0.05) is 58.9 Å². The lowest BCUT2D eigenvalue weighted by atomic mass is 10.2. The predicted molar refractivity (Wildman–Crippen MR) is 113 cm³/mol. The van der Waals surface area contributed by atoms with E-state index in [4.69, 9.17) is 4.74 Å². The maximum absolute atomic E-state index is 12.7. The first kappa shape index (κ1) is 21.2. The Morgan fingerprint density at radius 1 is 0.968 bits per heavy atom. The number of aromatic nitrogens is 5. The zero-order chi connectivity index (χ0) is 21.8. The van der Waals surface area contributed by atoms with Crippen LogP contribution in [0.15, 0.2) is 6.33 Å². The molecule has 2 aromatic heterocycles. The standard InChI is InChI=1S/C19H29N9O3/c1-3-28-18-16(22-23-28)17(20-14-21-18)26-7-5-24(6-8-26)13-15(29)25-9-11-27(12-10-25)19(30)31-4-2/h14H,3-13H2,1-2H3. The minimum absolute atomic E-state index is 0.104. The van der Waals surface area contributed by atoms with Gasteiger partial charge in [-0.05, 0) is 13.8 Å². The molecule has 0 atom stereocenters. The summed E-state index contributed by atoms with van der Waals surface area (Å²) in [6, 6.07) is 0. The van der Waals surface area contributed by atoms with E-state index in [0.29, 0.717) is 51.4 Å². The van der Waals surface area contributed by atoms with Gasteiger partial charge < -0.3 is 19.4 Å². The van der Waals surface area contributed by atoms with E-state index in [1.807, 2.05) is 11.8 Å². The van der Waals surface area contributed by atoms with E-state index >= 15 is 0 Å². The highest BCUT2D eigenvalue weighted by Crippen LogP contribution is 2.21. The quantitative estimate of drug-likeness (QED) is 0.627. The Morgan fingerprint density at radius 3 is 2.35 bits per heavy atom. The second-order valence-electron chi connectivity index (χ2n) is 7.60. The Morgan fingerprint density at radius 2 is 1.68 bits per heavy atom. The van der Waals surface area contributed by atoms with Crippen molar-refractivity contribution in [3.05, 3.63) is 6.33 Å². The summed E-state index contributed by atoms with van der Waals surface area (Å²) < 4.78 is 6.79. The lowest BCUT2D eigenvalue weighted by Crippen LogP contribution is -2.54. The predicted octanol–water partition coefficient (Wildman–Crippen LogP) is -0.336. The van der Waals surface area contributed by atoms with Crippen molar-refractivity contribution in [1.82, 2.24) is 39.7 Å². The van der Waals surface area contributed by atoms with E-state index in [2.05, 4.69) is 30.1 Å². The van der Waals surface area contributed by atoms with Gasteiger partial charge in [-0.3, -0.25) is 9.69 Å². The SMILES string of the molecule is CCOC(=O)N1CCN(C(=O)CN2CCN(c3ncnc4c3nnn4CC)CC2)CC1. The van der Waals surface area contributed by atoms with Gasteiger partial charge in [0.15, 0.2) is 17.0 Å². The fourth-order valence-electron chi connectivity index (χ4n) is 3.99. The van der Waals surface area contributed by atoms with Crippen LogP contribution in [0.1, 0.15) is 13.8 Å². The number of piperazine rings is 2. The van der Waals surface area contributed by atoms with Crippen LogP contribution in [0.3, 0.4) is 0 Å². The molecular formula is C19H29N9O3. The number of nitrogens with zero attached hydrogens (tertiary/aromatic N) is 9. The van der Waals surface area contributed by atoms with Crippen LogP contribution in [0.4, 0.5) is 10.6 Å². The number of rotatable bonds is 5. The van der Waals surface area contributed by atoms with E-state index in [9.17, 15) is 9.59 Å². The first-order valence-corrected chi connectivity index (χ1v) is 10.8. The zero-order valence-corrected chi connectivity index (χ0v) is 18.1. The van der Waals surface area contributed by atoms with Crippen molar-refractivity contribution < 1.29 is 14.3 Å². The van der Waals surface area contributed by atoms with E-state index in [0.717, 1.165) is 37.6 Å². The summed E-state index contributed by atoms with van der Waals surface area (Å²) in [5.41, 5.74) is 1.46. The second kappa shape index (κ2) is 9.41. The Bertz CT molecular complexity index is 917. The fraction of sp³-hybridized carbons (Fsp3) is 0.684. The van der Waals surface area contributed by atoms with Gasteiger partial charge in [0.2, 0.25) is 5.91 Å². The van der Waals surface area contributed by atoms with Crippen LogP contribution in [0.25, 0.3) is 11.2 Å². The van der Waals surface area contributed by atoms with Crippen LogP contribution < -0.4 is 4.90 Å². The van der Waals surface area contributed by atoms with Gasteiger partial charge >= 0.3 is 6.09 Å². The van der Waals surface area contributed by atoms with Crippen LogP contribution in [0, 0.1) is 0 Å². The molecule has 31 heavy (non-hydrogen) atoms. The molecular weight excluding hydrogens is 402 g/mol. The zero-order valence-electron chi connectivity index (χ0n) is 18.1. The Hall–Kier alpha value is -3.02. The highest BCUT2D eigenvalue weighted by atomic mass is 16.6. The van der Waals surface area contributed by atoms with Crippen LogP contribution in [-0.2, 0) is 16.1 Å². The van der Waals surface area contributed by atoms with Gasteiger partial charge in [-0.2, -0.15) is 0 Å². The molecule has 12 heteroatoms. The van der Waals surface area contributed by atoms with Crippen molar-refractivity contribution in [2.75, 3.05) is 70.4 Å². The Balaban J connectivity index is 1.28. The number of hydrogen-bond donors (Lipinski definition) is 0. The third-order valence-corrected chi connectivity index (χ3v) is 5.77. The number of hydrogen-bond acceptors (Lipinski definition) is 9. The monoisotopic (exact) mass is 431 g/mol. The molecule has 2 aromatic rings. The molecule has 4 heterocycles. The average molecular weight is 432 g/mol. The van der Waals surface area contributed by atoms with Crippen molar-refractivity contribution in [2.24, 2.45) is 0 Å². The molecule has 0 saturated carbocycles. The van der Waals surface area contributed by atoms with E-state index in [1.54, 1.807) is 22.8 Å². The van der Waals surface area contributed by atoms with Crippen molar-refractivity contribution >= 4 is 29.0 Å². The molecule has 0 unspecified atom stereocenters. The first-order valence-electron chi connectivity index (χ1n) is 10.8. The Labute approximate surface area is 180 Å². The van der Waals surface area contributed by atoms with Gasteiger partial charge in [0.1, 0.15) is 6.33 Å². The molecule has 2 aliphatic rings. The molecule has 0 N–H and O–H groups in total. The highest BCUT2D eigenvalue weighted by molar-refractivity contribution is 5.82. The number of fused-ring (bicyclic) bond motifs is 1. The van der Waals surface area contributed by atoms with Gasteiger partial charge in [-0.25, -0.2) is 19.4 Å². The van der Waals surface area contributed by atoms with Crippen molar-refractivity contribution in [3.8, 4) is 0 Å². The molecule has 2 saturated heterocycles. The summed E-state index contributed by atoms with van der Waals surface area (Å²) in [4.78, 5) is 41.1. The molecule has 0 aromatic carbocycles. The average Bonchev–Trinajstić information content (AvgIpc) is 3.23. The molecule has 168 valence electrons. The summed E-state index contributed by atoms with van der Waals surface area (Å²) in [6.07, 6.45) is 1.25. The fourth-order valence-corrected chi connectivity index (χ4v) is 3.99. The smallest absolute Gasteiger partial charge is 0.409 e. The molecule has 2 aliphatic heterocycles. The van der Waals surface area contributed by atoms with Crippen molar-refractivity contribution in [3.63, 3.8) is 0 Å². The maximum atomic E-state index is 12.7. The minimum atomic E-state index is -0.302. The number of aryl methyl sites for hydroxylation is 1. The molecule has 12 nitrogen and oxygen atoms in total. The summed E-state index contributed by atoms with van der Waals surface area (Å²) in [5, 5.41) is 8.40. The molecule has 0 bridgehead atoms. The summed E-state index contributed by atoms with van der Waals surface area (Å²) in [6.45, 7) is 10.4. The van der Waals surface area contributed by atoms with Gasteiger partial charge in [0.25, 0.3) is 0 Å². The number of carbonyl (C=O) groups excluding carboxylic acids is 2. The van der Waals surface area contributed by atoms with E-state index < -0.39 is 0 Å². The van der Waals surface area contributed by atoms with Crippen LogP contribution in [-0.4, -0.2) is 117 Å². The number of amides is 2. The lowest BCUT2D eigenvalue weighted by Gasteiger charge is -2.38. The molecule has 0 spiro atoms. The highest BCUT2D eigenvalue weighted by Gasteiger charge is 2.28. The molecule has 4 rings (SSSR count). The normalized spacial score (nSPS) is 17.9. The maximum Gasteiger partial charge on any atom is 0.409 e. The van der Waals surface area contributed by atoms with Gasteiger partial charge in [-0.15, -0.1) is 5.10 Å². The lowest BCUT2D eigenvalue weighted by molar-refractivity contribution is -0.134.